The molecular weight excluding hydrogens is 657 g/mol. The molecule has 50 heavy (non-hydrogen) atoms. The van der Waals surface area contributed by atoms with Crippen molar-refractivity contribution in [2.45, 2.75) is 195 Å². The van der Waals surface area contributed by atoms with Gasteiger partial charge < -0.3 is 18.3 Å². The molecule has 0 aliphatic carbocycles. The largest absolute Gasteiger partial charge is 0.474 e. The second kappa shape index (κ2) is 22.8. The number of rotatable bonds is 27. The van der Waals surface area contributed by atoms with Gasteiger partial charge in [0.25, 0.3) is 0 Å². The van der Waals surface area contributed by atoms with Crippen LogP contribution in [0.2, 0.25) is 36.3 Å². The Labute approximate surface area is 308 Å². The van der Waals surface area contributed by atoms with Gasteiger partial charge in [-0.05, 0) is 37.8 Å². The first-order chi connectivity index (χ1) is 24.0. The zero-order valence-corrected chi connectivity index (χ0v) is 35.8. The molecular formula is C42H74O6Si2. The Bertz CT molecular complexity index is 1110. The van der Waals surface area contributed by atoms with Crippen LogP contribution in [0.4, 0.5) is 0 Å². The maximum absolute atomic E-state index is 12.6. The minimum atomic E-state index is -1.61. The van der Waals surface area contributed by atoms with Gasteiger partial charge in [0.2, 0.25) is 0 Å². The average Bonchev–Trinajstić information content (AvgIpc) is 3.81. The van der Waals surface area contributed by atoms with E-state index < -0.39 is 16.1 Å². The van der Waals surface area contributed by atoms with E-state index in [-0.39, 0.29) is 36.0 Å². The smallest absolute Gasteiger partial charge is 0.308 e. The SMILES string of the molecule is CC[Si](CC)(CC)c1cc(C(CCCCCCCCCCCCC(OC(=O)C(C)C)c2coc([Si](CC)(CC)CC)c2)OC(=O)C(C)C)co1. The van der Waals surface area contributed by atoms with E-state index in [1.165, 1.54) is 74.8 Å². The standard InChI is InChI=1S/C42H74O6Si2/c1-11-49(12-2,13-3)39-29-35(31-45-39)37(47-41(43)33(7)8)27-25-23-21-19-17-18-20-22-24-26-28-38(48-42(44)34(9)10)36-30-40(46-32-36)50(14-4,15-5)16-6/h29-34,37-38H,11-28H2,1-10H3. The van der Waals surface area contributed by atoms with E-state index >= 15 is 0 Å². The van der Waals surface area contributed by atoms with Crippen LogP contribution in [0.15, 0.2) is 33.5 Å². The summed E-state index contributed by atoms with van der Waals surface area (Å²) in [5.41, 5.74) is 2.07. The second-order valence-electron chi connectivity index (χ2n) is 15.4. The summed E-state index contributed by atoms with van der Waals surface area (Å²) in [5.74, 6) is -0.536. The molecule has 2 rings (SSSR count). The highest BCUT2D eigenvalue weighted by molar-refractivity contribution is 6.91. The van der Waals surface area contributed by atoms with Crippen LogP contribution in [0.25, 0.3) is 0 Å². The Morgan fingerprint density at radius 1 is 0.520 bits per heavy atom. The van der Waals surface area contributed by atoms with E-state index in [0.717, 1.165) is 60.4 Å². The molecule has 0 saturated carbocycles. The van der Waals surface area contributed by atoms with Crippen LogP contribution >= 0.6 is 0 Å². The van der Waals surface area contributed by atoms with Gasteiger partial charge in [0, 0.05) is 11.1 Å². The summed E-state index contributed by atoms with van der Waals surface area (Å²) in [6, 6.07) is 11.5. The lowest BCUT2D eigenvalue weighted by Crippen LogP contribution is -2.44. The lowest BCUT2D eigenvalue weighted by atomic mass is 10.0. The first-order valence-corrected chi connectivity index (χ1v) is 25.8. The Hall–Kier alpha value is -2.07. The van der Waals surface area contributed by atoms with Crippen molar-refractivity contribution in [2.24, 2.45) is 11.8 Å². The Morgan fingerprint density at radius 2 is 0.800 bits per heavy atom. The van der Waals surface area contributed by atoms with E-state index in [9.17, 15) is 9.59 Å². The van der Waals surface area contributed by atoms with Gasteiger partial charge in [-0.3, -0.25) is 9.59 Å². The zero-order valence-electron chi connectivity index (χ0n) is 33.8. The molecule has 6 nitrogen and oxygen atoms in total. The fourth-order valence-corrected chi connectivity index (χ4v) is 14.0. The third kappa shape index (κ3) is 12.9. The molecule has 2 atom stereocenters. The molecule has 2 aromatic rings. The van der Waals surface area contributed by atoms with Crippen molar-refractivity contribution in [1.82, 2.24) is 0 Å². The Balaban J connectivity index is 1.75. The van der Waals surface area contributed by atoms with Gasteiger partial charge in [-0.15, -0.1) is 0 Å². The van der Waals surface area contributed by atoms with Gasteiger partial charge in [-0.2, -0.15) is 0 Å². The van der Waals surface area contributed by atoms with Crippen molar-refractivity contribution in [3.05, 3.63) is 35.8 Å². The number of carbonyl (C=O) groups excluding carboxylic acids is 2. The Kier molecular flexibility index (Phi) is 20.1. The van der Waals surface area contributed by atoms with Crippen molar-refractivity contribution < 1.29 is 27.9 Å². The fourth-order valence-electron chi connectivity index (χ4n) is 7.35. The van der Waals surface area contributed by atoms with Crippen LogP contribution in [0.3, 0.4) is 0 Å². The van der Waals surface area contributed by atoms with Crippen molar-refractivity contribution in [3.8, 4) is 0 Å². The van der Waals surface area contributed by atoms with E-state index in [4.69, 9.17) is 18.3 Å². The fraction of sp³-hybridized carbons (Fsp3) is 0.762. The third-order valence-corrected chi connectivity index (χ3v) is 22.5. The average molecular weight is 731 g/mol. The summed E-state index contributed by atoms with van der Waals surface area (Å²) in [6.45, 7) is 21.3. The molecule has 0 fully saturated rings. The lowest BCUT2D eigenvalue weighted by Gasteiger charge is -2.25. The topological polar surface area (TPSA) is 78.9 Å². The number of unbranched alkanes of at least 4 members (excludes halogenated alkanes) is 9. The number of ether oxygens (including phenoxy) is 2. The number of hydrogen-bond acceptors (Lipinski definition) is 6. The summed E-state index contributed by atoms with van der Waals surface area (Å²) in [7, 11) is -3.23. The van der Waals surface area contributed by atoms with E-state index in [2.05, 4.69) is 53.7 Å². The molecule has 2 unspecified atom stereocenters. The highest BCUT2D eigenvalue weighted by Crippen LogP contribution is 2.30. The number of carbonyl (C=O) groups is 2. The third-order valence-electron chi connectivity index (χ3n) is 11.7. The summed E-state index contributed by atoms with van der Waals surface area (Å²) < 4.78 is 24.3. The Morgan fingerprint density at radius 3 is 1.06 bits per heavy atom. The van der Waals surface area contributed by atoms with Crippen molar-refractivity contribution in [3.63, 3.8) is 0 Å². The monoisotopic (exact) mass is 731 g/mol. The first kappa shape index (κ1) is 44.1. The summed E-state index contributed by atoms with van der Waals surface area (Å²) in [5, 5.41) is 2.32. The van der Waals surface area contributed by atoms with E-state index in [1.54, 1.807) is 0 Å². The molecule has 0 aliphatic heterocycles. The molecule has 0 aromatic carbocycles. The van der Waals surface area contributed by atoms with Gasteiger partial charge in [-0.25, -0.2) is 0 Å². The maximum Gasteiger partial charge on any atom is 0.308 e. The van der Waals surface area contributed by atoms with Crippen LogP contribution in [0.1, 0.15) is 170 Å². The minimum absolute atomic E-state index is 0.131. The number of hydrogen-bond donors (Lipinski definition) is 0. The molecule has 2 heterocycles. The molecule has 0 aliphatic rings. The van der Waals surface area contributed by atoms with E-state index in [0.29, 0.717) is 0 Å². The molecule has 8 heteroatoms. The second-order valence-corrected chi connectivity index (χ2v) is 25.8. The summed E-state index contributed by atoms with van der Waals surface area (Å²) in [4.78, 5) is 25.1. The number of furan rings is 2. The van der Waals surface area contributed by atoms with Gasteiger partial charge >= 0.3 is 11.9 Å². The summed E-state index contributed by atoms with van der Waals surface area (Å²) in [6.07, 6.45) is 16.8. The van der Waals surface area contributed by atoms with E-state index in [1.807, 2.05) is 40.2 Å². The molecule has 0 bridgehead atoms. The highest BCUT2D eigenvalue weighted by atomic mass is 28.3. The summed E-state index contributed by atoms with van der Waals surface area (Å²) >= 11 is 0. The zero-order chi connectivity index (χ0) is 37.2. The minimum Gasteiger partial charge on any atom is -0.474 e. The van der Waals surface area contributed by atoms with Crippen molar-refractivity contribution in [2.75, 3.05) is 0 Å². The van der Waals surface area contributed by atoms with Gasteiger partial charge in [-0.1, -0.05) is 157 Å². The van der Waals surface area contributed by atoms with Crippen LogP contribution in [0.5, 0.6) is 0 Å². The normalized spacial score (nSPS) is 13.6. The van der Waals surface area contributed by atoms with Crippen molar-refractivity contribution in [1.29, 1.82) is 0 Å². The van der Waals surface area contributed by atoms with Crippen molar-refractivity contribution >= 4 is 38.9 Å². The lowest BCUT2D eigenvalue weighted by molar-refractivity contribution is -0.154. The molecule has 286 valence electrons. The van der Waals surface area contributed by atoms with Gasteiger partial charge in [0.1, 0.15) is 28.4 Å². The van der Waals surface area contributed by atoms with Crippen LogP contribution in [-0.2, 0) is 19.1 Å². The predicted octanol–water partition coefficient (Wildman–Crippen LogP) is 12.2. The van der Waals surface area contributed by atoms with Gasteiger partial charge in [0.05, 0.1) is 35.1 Å². The van der Waals surface area contributed by atoms with Crippen LogP contribution in [-0.4, -0.2) is 28.1 Å². The quantitative estimate of drug-likeness (QED) is 0.0517. The number of esters is 2. The highest BCUT2D eigenvalue weighted by Gasteiger charge is 2.35. The molecule has 0 saturated heterocycles. The molecule has 0 N–H and O–H groups in total. The first-order valence-electron chi connectivity index (χ1n) is 20.5. The maximum atomic E-state index is 12.6. The molecule has 0 amide bonds. The molecule has 0 spiro atoms. The van der Waals surface area contributed by atoms with Gasteiger partial charge in [0.15, 0.2) is 0 Å². The van der Waals surface area contributed by atoms with Crippen LogP contribution < -0.4 is 10.8 Å². The predicted molar refractivity (Wildman–Crippen MR) is 214 cm³/mol. The van der Waals surface area contributed by atoms with Crippen LogP contribution in [0, 0.1) is 11.8 Å². The molecule has 2 aromatic heterocycles. The molecule has 0 radical (unpaired) electrons.